The number of nitrogens with zero attached hydrogens (tertiary/aromatic N) is 2. The van der Waals surface area contributed by atoms with Crippen molar-refractivity contribution in [3.8, 4) is 122 Å². The van der Waals surface area contributed by atoms with Crippen LogP contribution in [0.3, 0.4) is 0 Å². The fourth-order valence-electron chi connectivity index (χ4n) is 20.1. The number of para-hydroxylation sites is 1. The van der Waals surface area contributed by atoms with Gasteiger partial charge in [-0.15, -0.1) is 0 Å². The van der Waals surface area contributed by atoms with Crippen LogP contribution < -0.4 is 9.80 Å². The van der Waals surface area contributed by atoms with Gasteiger partial charge in [0.1, 0.15) is 22.3 Å². The van der Waals surface area contributed by atoms with Gasteiger partial charge in [-0.25, -0.2) is 0 Å². The third-order valence-electron chi connectivity index (χ3n) is 25.7. The molecule has 24 rings (SSSR count). The summed E-state index contributed by atoms with van der Waals surface area (Å²) in [4.78, 5) is 4.84. The second-order valence-electron chi connectivity index (χ2n) is 32.6. The highest BCUT2D eigenvalue weighted by molar-refractivity contribution is 6.21. The molecule has 0 N–H and O–H groups in total. The highest BCUT2D eigenvalue weighted by atomic mass is 16.3. The molecule has 4 nitrogen and oxygen atoms in total. The quantitative estimate of drug-likeness (QED) is 0.129. The molecule has 0 fully saturated rings. The number of anilines is 6. The van der Waals surface area contributed by atoms with Crippen LogP contribution in [-0.4, -0.2) is 0 Å². The SMILES string of the molecule is CC1(C)c2cc(-c3cc4c5c(cccc5c3)-c3ccccc3-4)ccc2-c2ccc(N(c3ccc(-c4ccccc4)cc3)c3ccc4oc5ccc(-c6cc7c8c(c(-c9ccc%10c(c9)C(C)(C)c9cc(N(c%11ccc(-c%12ccccc%12)cc%11)c%11ccc%12oc%13ccccc%13c%12c%11)ccc9-%10)ccc8c6)-c6ccccc6-7)cc5c4c3)cc21. The Hall–Kier alpha value is -14.3. The van der Waals surface area contributed by atoms with Crippen molar-refractivity contribution in [2.45, 2.75) is 38.5 Å². The largest absolute Gasteiger partial charge is 0.456 e. The molecule has 4 aliphatic carbocycles. The highest BCUT2D eigenvalue weighted by Gasteiger charge is 2.39. The van der Waals surface area contributed by atoms with E-state index in [2.05, 4.69) is 395 Å². The van der Waals surface area contributed by atoms with Gasteiger partial charge in [0.2, 0.25) is 0 Å². The second-order valence-corrected chi connectivity index (χ2v) is 32.6. The summed E-state index contributed by atoms with van der Waals surface area (Å²) >= 11 is 0. The number of hydrogen-bond acceptors (Lipinski definition) is 4. The van der Waals surface area contributed by atoms with E-state index < -0.39 is 0 Å². The summed E-state index contributed by atoms with van der Waals surface area (Å²) in [5, 5.41) is 9.49. The smallest absolute Gasteiger partial charge is 0.135 e. The number of rotatable bonds is 11. The summed E-state index contributed by atoms with van der Waals surface area (Å²) in [5.74, 6) is 0. The van der Waals surface area contributed by atoms with E-state index in [0.29, 0.717) is 0 Å². The zero-order chi connectivity index (χ0) is 75.4. The predicted octanol–water partition coefficient (Wildman–Crippen LogP) is 31.0. The lowest BCUT2D eigenvalue weighted by Crippen LogP contribution is -2.16. The maximum absolute atomic E-state index is 6.82. The molecule has 0 amide bonds. The van der Waals surface area contributed by atoms with Gasteiger partial charge in [-0.1, -0.05) is 252 Å². The summed E-state index contributed by atoms with van der Waals surface area (Å²) < 4.78 is 13.2. The van der Waals surface area contributed by atoms with Crippen molar-refractivity contribution >= 4 is 99.5 Å². The number of hydrogen-bond donors (Lipinski definition) is 0. The normalized spacial score (nSPS) is 13.4. The van der Waals surface area contributed by atoms with Crippen molar-refractivity contribution in [2.75, 3.05) is 9.80 Å². The van der Waals surface area contributed by atoms with Crippen LogP contribution in [0.25, 0.3) is 188 Å². The fraction of sp³-hybridized carbons (Fsp3) is 0.0545. The van der Waals surface area contributed by atoms with Gasteiger partial charge in [0.15, 0.2) is 0 Å². The minimum atomic E-state index is -0.313. The molecular weight excluding hydrogens is 1380 g/mol. The first-order valence-electron chi connectivity index (χ1n) is 39.7. The average molecular weight is 1450 g/mol. The molecule has 534 valence electrons. The van der Waals surface area contributed by atoms with Gasteiger partial charge < -0.3 is 18.6 Å². The van der Waals surface area contributed by atoms with E-state index in [1.165, 1.54) is 161 Å². The molecule has 0 saturated heterocycles. The Kier molecular flexibility index (Phi) is 13.6. The van der Waals surface area contributed by atoms with Crippen LogP contribution in [0.15, 0.2) is 373 Å². The van der Waals surface area contributed by atoms with Gasteiger partial charge in [0, 0.05) is 66.5 Å². The monoisotopic (exact) mass is 1450 g/mol. The lowest BCUT2D eigenvalue weighted by atomic mass is 9.81. The molecular formula is C110H72N2O2. The Morgan fingerprint density at radius 2 is 0.561 bits per heavy atom. The van der Waals surface area contributed by atoms with Crippen molar-refractivity contribution in [3.05, 3.63) is 386 Å². The summed E-state index contributed by atoms with van der Waals surface area (Å²) in [6.45, 7) is 9.62. The molecule has 4 heteroatoms. The van der Waals surface area contributed by atoms with Crippen molar-refractivity contribution in [1.29, 1.82) is 0 Å². The Bertz CT molecular complexity index is 7520. The zero-order valence-electron chi connectivity index (χ0n) is 63.4. The number of benzene rings is 18. The zero-order valence-corrected chi connectivity index (χ0v) is 63.4. The van der Waals surface area contributed by atoms with E-state index in [4.69, 9.17) is 8.83 Å². The Morgan fingerprint density at radius 1 is 0.193 bits per heavy atom. The first-order chi connectivity index (χ1) is 56.0. The Labute approximate surface area is 661 Å². The Morgan fingerprint density at radius 3 is 1.15 bits per heavy atom. The van der Waals surface area contributed by atoms with Crippen molar-refractivity contribution in [1.82, 2.24) is 0 Å². The van der Waals surface area contributed by atoms with Crippen molar-refractivity contribution in [2.24, 2.45) is 0 Å². The number of fused-ring (bicyclic) bond motifs is 18. The summed E-state index contributed by atoms with van der Waals surface area (Å²) in [6, 6.07) is 136. The van der Waals surface area contributed by atoms with Crippen LogP contribution in [0.4, 0.5) is 34.1 Å². The van der Waals surface area contributed by atoms with E-state index in [-0.39, 0.29) is 10.8 Å². The molecule has 0 bridgehead atoms. The third-order valence-corrected chi connectivity index (χ3v) is 25.7. The van der Waals surface area contributed by atoms with Gasteiger partial charge in [0.05, 0.1) is 0 Å². The van der Waals surface area contributed by atoms with Crippen molar-refractivity contribution in [3.63, 3.8) is 0 Å². The van der Waals surface area contributed by atoms with Crippen LogP contribution in [0.5, 0.6) is 0 Å². The topological polar surface area (TPSA) is 32.8 Å². The first kappa shape index (κ1) is 64.5. The van der Waals surface area contributed by atoms with E-state index in [9.17, 15) is 0 Å². The first-order valence-corrected chi connectivity index (χ1v) is 39.7. The molecule has 2 aromatic heterocycles. The lowest BCUT2D eigenvalue weighted by Gasteiger charge is -2.28. The van der Waals surface area contributed by atoms with E-state index in [1.807, 2.05) is 6.07 Å². The van der Waals surface area contributed by atoms with Crippen LogP contribution in [0.2, 0.25) is 0 Å². The lowest BCUT2D eigenvalue weighted by molar-refractivity contribution is 0.660. The third kappa shape index (κ3) is 9.58. The molecule has 0 spiro atoms. The van der Waals surface area contributed by atoms with Gasteiger partial charge in [0.25, 0.3) is 0 Å². The minimum absolute atomic E-state index is 0.290. The van der Waals surface area contributed by atoms with E-state index in [1.54, 1.807) is 0 Å². The second kappa shape index (κ2) is 24.1. The molecule has 0 radical (unpaired) electrons. The van der Waals surface area contributed by atoms with E-state index >= 15 is 0 Å². The predicted molar refractivity (Wildman–Crippen MR) is 477 cm³/mol. The molecule has 114 heavy (non-hydrogen) atoms. The molecule has 20 aromatic rings. The Balaban J connectivity index is 0.575. The van der Waals surface area contributed by atoms with Gasteiger partial charge in [-0.3, -0.25) is 0 Å². The van der Waals surface area contributed by atoms with Crippen molar-refractivity contribution < 1.29 is 8.83 Å². The fourth-order valence-corrected chi connectivity index (χ4v) is 20.1. The molecule has 2 heterocycles. The van der Waals surface area contributed by atoms with E-state index in [0.717, 1.165) is 83.6 Å². The van der Waals surface area contributed by atoms with Crippen LogP contribution >= 0.6 is 0 Å². The van der Waals surface area contributed by atoms with Gasteiger partial charge >= 0.3 is 0 Å². The summed E-state index contributed by atoms with van der Waals surface area (Å²) in [6.07, 6.45) is 0. The maximum Gasteiger partial charge on any atom is 0.135 e. The highest BCUT2D eigenvalue weighted by Crippen LogP contribution is 2.58. The van der Waals surface area contributed by atoms with Crippen LogP contribution in [0.1, 0.15) is 49.9 Å². The standard InChI is InChI=1S/C110H72N2O2/c1-109(2)98-59-70(75-54-72-22-17-28-91-83-23-11-12-24-84(83)96(57-75)106(72)91)34-47-86(98)88-49-42-81(63-100(88)109)112(77-40-32-68(33-41-77)66-20-9-6-10-21-66)79-45-53-105-95(62-79)93-56-69(37-51-103(93)114-105)74-55-73-36-46-82(108-92-27-14-13-25-85(92)97(58-74)107(73)108)71-35-48-87-89-50-43-80(64-101(89)110(3,4)99(87)60-71)111(76-38-30-67(31-39-76)65-18-7-5-8-19-65)78-44-52-104-94(61-78)90-26-15-16-29-102(90)113-104/h5-64H,1-4H3. The molecule has 18 aromatic carbocycles. The summed E-state index contributed by atoms with van der Waals surface area (Å²) in [5.41, 5.74) is 42.1. The molecule has 0 aliphatic heterocycles. The average Bonchev–Trinajstić information content (AvgIpc) is 1.56. The minimum Gasteiger partial charge on any atom is -0.456 e. The maximum atomic E-state index is 6.82. The molecule has 0 saturated carbocycles. The van der Waals surface area contributed by atoms with Crippen LogP contribution in [0, 0.1) is 0 Å². The molecule has 0 atom stereocenters. The van der Waals surface area contributed by atoms with Gasteiger partial charge in [-0.2, -0.15) is 0 Å². The summed E-state index contributed by atoms with van der Waals surface area (Å²) in [7, 11) is 0. The van der Waals surface area contributed by atoms with Gasteiger partial charge in [-0.05, 0) is 306 Å². The number of furan rings is 2. The molecule has 4 aliphatic rings. The van der Waals surface area contributed by atoms with Crippen LogP contribution in [-0.2, 0) is 10.8 Å². The molecule has 0 unspecified atom stereocenters.